The molecular weight excluding hydrogens is 310 g/mol. The Bertz CT molecular complexity index is 439. The second-order valence-electron chi connectivity index (χ2n) is 6.94. The van der Waals surface area contributed by atoms with Crippen LogP contribution in [0.15, 0.2) is 22.7 Å². The molecule has 0 aliphatic heterocycles. The SMILES string of the molecule is CCCCCC(C)(C)CNC1CCc2cc(Br)ccc21. The monoisotopic (exact) mass is 337 g/mol. The van der Waals surface area contributed by atoms with Gasteiger partial charge in [0.25, 0.3) is 0 Å². The molecule has 2 heteroatoms. The summed E-state index contributed by atoms with van der Waals surface area (Å²) >= 11 is 3.57. The molecule has 20 heavy (non-hydrogen) atoms. The minimum absolute atomic E-state index is 0.410. The number of fused-ring (bicyclic) bond motifs is 1. The first-order valence-corrected chi connectivity index (χ1v) is 8.83. The van der Waals surface area contributed by atoms with Gasteiger partial charge in [0.05, 0.1) is 0 Å². The summed E-state index contributed by atoms with van der Waals surface area (Å²) in [5.74, 6) is 0. The van der Waals surface area contributed by atoms with Gasteiger partial charge in [-0.2, -0.15) is 0 Å². The molecule has 1 unspecified atom stereocenters. The molecule has 0 radical (unpaired) electrons. The predicted octanol–water partition coefficient (Wildman–Crippen LogP) is 5.63. The lowest BCUT2D eigenvalue weighted by Crippen LogP contribution is -2.31. The summed E-state index contributed by atoms with van der Waals surface area (Å²) < 4.78 is 1.21. The topological polar surface area (TPSA) is 12.0 Å². The van der Waals surface area contributed by atoms with E-state index in [4.69, 9.17) is 0 Å². The molecule has 0 heterocycles. The third kappa shape index (κ3) is 4.33. The van der Waals surface area contributed by atoms with Gasteiger partial charge in [-0.25, -0.2) is 0 Å². The summed E-state index contributed by atoms with van der Waals surface area (Å²) in [6.07, 6.45) is 7.82. The average molecular weight is 338 g/mol. The van der Waals surface area contributed by atoms with Gasteiger partial charge in [0, 0.05) is 17.1 Å². The molecule has 1 aliphatic carbocycles. The van der Waals surface area contributed by atoms with Crippen LogP contribution in [-0.4, -0.2) is 6.54 Å². The van der Waals surface area contributed by atoms with E-state index in [1.807, 2.05) is 0 Å². The minimum Gasteiger partial charge on any atom is -0.309 e. The quantitative estimate of drug-likeness (QED) is 0.635. The highest BCUT2D eigenvalue weighted by Crippen LogP contribution is 2.34. The Morgan fingerprint density at radius 2 is 2.10 bits per heavy atom. The van der Waals surface area contributed by atoms with E-state index in [9.17, 15) is 0 Å². The van der Waals surface area contributed by atoms with Crippen LogP contribution in [0.25, 0.3) is 0 Å². The van der Waals surface area contributed by atoms with Gasteiger partial charge in [0.2, 0.25) is 0 Å². The zero-order chi connectivity index (χ0) is 14.6. The molecule has 1 atom stereocenters. The summed E-state index contributed by atoms with van der Waals surface area (Å²) in [7, 11) is 0. The van der Waals surface area contributed by atoms with Crippen molar-refractivity contribution in [2.45, 2.75) is 65.3 Å². The average Bonchev–Trinajstić information content (AvgIpc) is 2.79. The molecule has 0 bridgehead atoms. The lowest BCUT2D eigenvalue weighted by molar-refractivity contribution is 0.287. The standard InChI is InChI=1S/C18H28BrN/c1-4-5-6-11-18(2,3)13-20-17-10-7-14-12-15(19)8-9-16(14)17/h8-9,12,17,20H,4-7,10-11,13H2,1-3H3. The third-order valence-corrected chi connectivity index (χ3v) is 4.96. The van der Waals surface area contributed by atoms with Crippen molar-refractivity contribution in [3.05, 3.63) is 33.8 Å². The Labute approximate surface area is 132 Å². The maximum absolute atomic E-state index is 3.81. The Balaban J connectivity index is 1.87. The summed E-state index contributed by atoms with van der Waals surface area (Å²) in [5, 5.41) is 3.81. The van der Waals surface area contributed by atoms with Crippen molar-refractivity contribution in [3.63, 3.8) is 0 Å². The number of hydrogen-bond acceptors (Lipinski definition) is 1. The zero-order valence-corrected chi connectivity index (χ0v) is 14.7. The minimum atomic E-state index is 0.410. The van der Waals surface area contributed by atoms with Gasteiger partial charge in [-0.15, -0.1) is 0 Å². The van der Waals surface area contributed by atoms with E-state index >= 15 is 0 Å². The summed E-state index contributed by atoms with van der Waals surface area (Å²) in [6, 6.07) is 7.30. The van der Waals surface area contributed by atoms with Gasteiger partial charge in [-0.1, -0.05) is 62.0 Å². The Morgan fingerprint density at radius 3 is 2.85 bits per heavy atom. The fourth-order valence-corrected chi connectivity index (χ4v) is 3.55. The second kappa shape index (κ2) is 7.09. The first kappa shape index (κ1) is 16.0. The number of halogens is 1. The van der Waals surface area contributed by atoms with Gasteiger partial charge in [-0.05, 0) is 47.9 Å². The van der Waals surface area contributed by atoms with Crippen LogP contribution in [0.1, 0.15) is 70.0 Å². The molecule has 0 amide bonds. The third-order valence-electron chi connectivity index (χ3n) is 4.47. The Hall–Kier alpha value is -0.340. The number of nitrogens with one attached hydrogen (secondary N) is 1. The van der Waals surface area contributed by atoms with E-state index in [2.05, 4.69) is 60.2 Å². The fourth-order valence-electron chi connectivity index (χ4n) is 3.14. The first-order valence-electron chi connectivity index (χ1n) is 8.03. The van der Waals surface area contributed by atoms with E-state index in [0.717, 1.165) is 6.54 Å². The van der Waals surface area contributed by atoms with Crippen LogP contribution in [0.2, 0.25) is 0 Å². The van der Waals surface area contributed by atoms with Gasteiger partial charge < -0.3 is 5.32 Å². The van der Waals surface area contributed by atoms with Crippen LogP contribution in [0.5, 0.6) is 0 Å². The molecular formula is C18H28BrN. The molecule has 2 rings (SSSR count). The molecule has 1 N–H and O–H groups in total. The van der Waals surface area contributed by atoms with E-state index in [1.54, 1.807) is 0 Å². The van der Waals surface area contributed by atoms with Crippen molar-refractivity contribution in [3.8, 4) is 0 Å². The van der Waals surface area contributed by atoms with Gasteiger partial charge in [0.15, 0.2) is 0 Å². The van der Waals surface area contributed by atoms with Crippen molar-refractivity contribution < 1.29 is 0 Å². The van der Waals surface area contributed by atoms with Crippen LogP contribution in [0, 0.1) is 5.41 Å². The predicted molar refractivity (Wildman–Crippen MR) is 91.1 cm³/mol. The fraction of sp³-hybridized carbons (Fsp3) is 0.667. The zero-order valence-electron chi connectivity index (χ0n) is 13.1. The lowest BCUT2D eigenvalue weighted by Gasteiger charge is -2.27. The van der Waals surface area contributed by atoms with Gasteiger partial charge in [0.1, 0.15) is 0 Å². The van der Waals surface area contributed by atoms with E-state index in [-0.39, 0.29) is 0 Å². The molecule has 1 nitrogen and oxygen atoms in total. The number of benzene rings is 1. The second-order valence-corrected chi connectivity index (χ2v) is 7.85. The largest absolute Gasteiger partial charge is 0.309 e. The first-order chi connectivity index (χ1) is 9.52. The summed E-state index contributed by atoms with van der Waals surface area (Å²) in [4.78, 5) is 0. The molecule has 0 saturated heterocycles. The molecule has 0 aromatic heterocycles. The highest BCUT2D eigenvalue weighted by atomic mass is 79.9. The van der Waals surface area contributed by atoms with Crippen LogP contribution in [0.3, 0.4) is 0 Å². The van der Waals surface area contributed by atoms with Crippen LogP contribution in [0.4, 0.5) is 0 Å². The normalized spacial score (nSPS) is 18.3. The van der Waals surface area contributed by atoms with Crippen LogP contribution >= 0.6 is 15.9 Å². The number of hydrogen-bond donors (Lipinski definition) is 1. The van der Waals surface area contributed by atoms with Crippen LogP contribution < -0.4 is 5.32 Å². The molecule has 0 fully saturated rings. The maximum atomic E-state index is 3.81. The van der Waals surface area contributed by atoms with Crippen molar-refractivity contribution in [2.24, 2.45) is 5.41 Å². The van der Waals surface area contributed by atoms with Crippen LogP contribution in [-0.2, 0) is 6.42 Å². The highest BCUT2D eigenvalue weighted by Gasteiger charge is 2.25. The van der Waals surface area contributed by atoms with Gasteiger partial charge >= 0.3 is 0 Å². The number of rotatable bonds is 7. The van der Waals surface area contributed by atoms with E-state index < -0.39 is 0 Å². The highest BCUT2D eigenvalue weighted by molar-refractivity contribution is 9.10. The van der Waals surface area contributed by atoms with Crippen molar-refractivity contribution >= 4 is 15.9 Å². The molecule has 0 spiro atoms. The van der Waals surface area contributed by atoms with Gasteiger partial charge in [-0.3, -0.25) is 0 Å². The maximum Gasteiger partial charge on any atom is 0.0326 e. The Morgan fingerprint density at radius 1 is 1.30 bits per heavy atom. The molecule has 1 aromatic carbocycles. The van der Waals surface area contributed by atoms with Crippen molar-refractivity contribution in [2.75, 3.05) is 6.54 Å². The smallest absolute Gasteiger partial charge is 0.0326 e. The Kier molecular flexibility index (Phi) is 5.68. The lowest BCUT2D eigenvalue weighted by atomic mass is 9.86. The summed E-state index contributed by atoms with van der Waals surface area (Å²) in [5.41, 5.74) is 3.44. The number of aryl methyl sites for hydroxylation is 1. The van der Waals surface area contributed by atoms with Crippen molar-refractivity contribution in [1.29, 1.82) is 0 Å². The van der Waals surface area contributed by atoms with E-state index in [1.165, 1.54) is 54.1 Å². The van der Waals surface area contributed by atoms with Crippen molar-refractivity contribution in [1.82, 2.24) is 5.32 Å². The molecule has 112 valence electrons. The number of unbranched alkanes of at least 4 members (excludes halogenated alkanes) is 2. The van der Waals surface area contributed by atoms with E-state index in [0.29, 0.717) is 11.5 Å². The molecule has 1 aromatic rings. The molecule has 1 aliphatic rings. The molecule has 0 saturated carbocycles. The summed E-state index contributed by atoms with van der Waals surface area (Å²) in [6.45, 7) is 8.19.